The van der Waals surface area contributed by atoms with Crippen molar-refractivity contribution in [3.63, 3.8) is 0 Å². The normalized spacial score (nSPS) is 23.8. The first-order chi connectivity index (χ1) is 9.45. The van der Waals surface area contributed by atoms with Crippen LogP contribution < -0.4 is 5.32 Å². The molecule has 0 radical (unpaired) electrons. The molecule has 20 heavy (non-hydrogen) atoms. The topological polar surface area (TPSA) is 12.0 Å². The smallest absolute Gasteiger partial charge is 0.123 e. The van der Waals surface area contributed by atoms with Crippen LogP contribution in [0, 0.1) is 23.1 Å². The van der Waals surface area contributed by atoms with Gasteiger partial charge < -0.3 is 5.32 Å². The van der Waals surface area contributed by atoms with E-state index in [-0.39, 0.29) is 5.82 Å². The monoisotopic (exact) mass is 277 g/mol. The molecule has 1 aromatic rings. The van der Waals surface area contributed by atoms with Gasteiger partial charge in [0, 0.05) is 6.54 Å². The minimum absolute atomic E-state index is 0.144. The Kier molecular flexibility index (Phi) is 5.20. The number of benzene rings is 1. The Balaban J connectivity index is 1.69. The summed E-state index contributed by atoms with van der Waals surface area (Å²) in [6.07, 6.45) is 5.38. The summed E-state index contributed by atoms with van der Waals surface area (Å²) in [6.45, 7) is 8.92. The van der Waals surface area contributed by atoms with E-state index in [1.807, 2.05) is 6.07 Å². The molecule has 0 aromatic heterocycles. The summed E-state index contributed by atoms with van der Waals surface area (Å²) < 4.78 is 13.1. The van der Waals surface area contributed by atoms with Crippen molar-refractivity contribution in [1.29, 1.82) is 0 Å². The molecule has 1 nitrogen and oxygen atoms in total. The van der Waals surface area contributed by atoms with Crippen LogP contribution in [0.5, 0.6) is 0 Å². The standard InChI is InChI=1S/C18H28FN/c1-18(2,3)16-9-7-14(8-10-16)12-20-13-15-5-4-6-17(19)11-15/h4-6,11,14,16,20H,7-10,12-13H2,1-3H3. The van der Waals surface area contributed by atoms with E-state index < -0.39 is 0 Å². The number of nitrogens with one attached hydrogen (secondary N) is 1. The van der Waals surface area contributed by atoms with E-state index in [1.165, 1.54) is 31.7 Å². The van der Waals surface area contributed by atoms with Crippen LogP contribution in [0.4, 0.5) is 4.39 Å². The van der Waals surface area contributed by atoms with E-state index in [1.54, 1.807) is 12.1 Å². The Morgan fingerprint density at radius 3 is 2.45 bits per heavy atom. The highest BCUT2D eigenvalue weighted by Gasteiger charge is 2.29. The zero-order chi connectivity index (χ0) is 14.6. The molecule has 0 heterocycles. The third-order valence-electron chi connectivity index (χ3n) is 4.72. The first-order valence-corrected chi connectivity index (χ1v) is 7.90. The van der Waals surface area contributed by atoms with Crippen molar-refractivity contribution in [1.82, 2.24) is 5.32 Å². The van der Waals surface area contributed by atoms with Crippen molar-refractivity contribution >= 4 is 0 Å². The van der Waals surface area contributed by atoms with Crippen molar-refractivity contribution in [3.8, 4) is 0 Å². The SMILES string of the molecule is CC(C)(C)C1CCC(CNCc2cccc(F)c2)CC1. The molecule has 1 aliphatic rings. The van der Waals surface area contributed by atoms with E-state index in [9.17, 15) is 4.39 Å². The Morgan fingerprint density at radius 1 is 1.15 bits per heavy atom. The zero-order valence-electron chi connectivity index (χ0n) is 13.1. The Morgan fingerprint density at radius 2 is 1.85 bits per heavy atom. The van der Waals surface area contributed by atoms with E-state index in [2.05, 4.69) is 26.1 Å². The van der Waals surface area contributed by atoms with Gasteiger partial charge in [0.05, 0.1) is 0 Å². The van der Waals surface area contributed by atoms with Crippen LogP contribution in [0.2, 0.25) is 0 Å². The number of hydrogen-bond donors (Lipinski definition) is 1. The molecule has 1 saturated carbocycles. The number of halogens is 1. The van der Waals surface area contributed by atoms with Crippen LogP contribution >= 0.6 is 0 Å². The maximum atomic E-state index is 13.1. The van der Waals surface area contributed by atoms with Gasteiger partial charge in [0.25, 0.3) is 0 Å². The highest BCUT2D eigenvalue weighted by Crippen LogP contribution is 2.39. The summed E-state index contributed by atoms with van der Waals surface area (Å²) in [4.78, 5) is 0. The third kappa shape index (κ3) is 4.59. The van der Waals surface area contributed by atoms with Crippen molar-refractivity contribution < 1.29 is 4.39 Å². The fourth-order valence-electron chi connectivity index (χ4n) is 3.30. The van der Waals surface area contributed by atoms with Gasteiger partial charge in [0.1, 0.15) is 5.82 Å². The van der Waals surface area contributed by atoms with Crippen LogP contribution in [0.15, 0.2) is 24.3 Å². The fourth-order valence-corrected chi connectivity index (χ4v) is 3.30. The average molecular weight is 277 g/mol. The maximum Gasteiger partial charge on any atom is 0.123 e. The second-order valence-corrected chi connectivity index (χ2v) is 7.34. The summed E-state index contributed by atoms with van der Waals surface area (Å²) in [5, 5.41) is 3.49. The highest BCUT2D eigenvalue weighted by molar-refractivity contribution is 5.15. The second-order valence-electron chi connectivity index (χ2n) is 7.34. The molecule has 1 fully saturated rings. The highest BCUT2D eigenvalue weighted by atomic mass is 19.1. The fraction of sp³-hybridized carbons (Fsp3) is 0.667. The number of rotatable bonds is 4. The van der Waals surface area contributed by atoms with Crippen molar-refractivity contribution in [2.24, 2.45) is 17.3 Å². The molecule has 1 aromatic carbocycles. The van der Waals surface area contributed by atoms with E-state index in [4.69, 9.17) is 0 Å². The van der Waals surface area contributed by atoms with Crippen LogP contribution in [0.1, 0.15) is 52.0 Å². The van der Waals surface area contributed by atoms with Gasteiger partial charge in [0.15, 0.2) is 0 Å². The quantitative estimate of drug-likeness (QED) is 0.836. The van der Waals surface area contributed by atoms with Gasteiger partial charge in [-0.3, -0.25) is 0 Å². The lowest BCUT2D eigenvalue weighted by molar-refractivity contribution is 0.149. The summed E-state index contributed by atoms with van der Waals surface area (Å²) in [7, 11) is 0. The van der Waals surface area contributed by atoms with Gasteiger partial charge in [-0.05, 0) is 67.2 Å². The summed E-state index contributed by atoms with van der Waals surface area (Å²) in [6, 6.07) is 6.87. The predicted octanol–water partition coefficient (Wildman–Crippen LogP) is 4.77. The molecule has 112 valence electrons. The van der Waals surface area contributed by atoms with Crippen molar-refractivity contribution in [2.75, 3.05) is 6.54 Å². The Bertz CT molecular complexity index is 414. The summed E-state index contributed by atoms with van der Waals surface area (Å²) >= 11 is 0. The molecule has 0 aliphatic heterocycles. The van der Waals surface area contributed by atoms with Crippen molar-refractivity contribution in [3.05, 3.63) is 35.6 Å². The van der Waals surface area contributed by atoms with Crippen LogP contribution in [-0.2, 0) is 6.54 Å². The Labute approximate surface area is 123 Å². The van der Waals surface area contributed by atoms with Crippen LogP contribution in [0.25, 0.3) is 0 Å². The lowest BCUT2D eigenvalue weighted by atomic mass is 9.70. The molecule has 2 heteroatoms. The van der Waals surface area contributed by atoms with Gasteiger partial charge in [-0.15, -0.1) is 0 Å². The van der Waals surface area contributed by atoms with Gasteiger partial charge in [-0.1, -0.05) is 32.9 Å². The first-order valence-electron chi connectivity index (χ1n) is 7.90. The lowest BCUT2D eigenvalue weighted by Crippen LogP contribution is -2.30. The molecular formula is C18H28FN. The summed E-state index contributed by atoms with van der Waals surface area (Å²) in [5.41, 5.74) is 1.49. The molecule has 1 N–H and O–H groups in total. The van der Waals surface area contributed by atoms with E-state index in [0.717, 1.165) is 30.5 Å². The first kappa shape index (κ1) is 15.5. The third-order valence-corrected chi connectivity index (χ3v) is 4.72. The van der Waals surface area contributed by atoms with Crippen LogP contribution in [-0.4, -0.2) is 6.54 Å². The van der Waals surface area contributed by atoms with Crippen LogP contribution in [0.3, 0.4) is 0 Å². The lowest BCUT2D eigenvalue weighted by Gasteiger charge is -2.37. The zero-order valence-corrected chi connectivity index (χ0v) is 13.1. The molecular weight excluding hydrogens is 249 g/mol. The largest absolute Gasteiger partial charge is 0.312 e. The van der Waals surface area contributed by atoms with Crippen molar-refractivity contribution in [2.45, 2.75) is 53.0 Å². The maximum absolute atomic E-state index is 13.1. The van der Waals surface area contributed by atoms with Gasteiger partial charge in [-0.2, -0.15) is 0 Å². The minimum Gasteiger partial charge on any atom is -0.312 e. The summed E-state index contributed by atoms with van der Waals surface area (Å²) in [5.74, 6) is 1.53. The minimum atomic E-state index is -0.144. The van der Waals surface area contributed by atoms with E-state index >= 15 is 0 Å². The molecule has 1 aliphatic carbocycles. The molecule has 0 amide bonds. The van der Waals surface area contributed by atoms with Gasteiger partial charge >= 0.3 is 0 Å². The molecule has 0 unspecified atom stereocenters. The molecule has 0 saturated heterocycles. The molecule has 2 rings (SSSR count). The predicted molar refractivity (Wildman–Crippen MR) is 83.0 cm³/mol. The molecule has 0 atom stereocenters. The number of hydrogen-bond acceptors (Lipinski definition) is 1. The van der Waals surface area contributed by atoms with Gasteiger partial charge in [0.2, 0.25) is 0 Å². The molecule has 0 spiro atoms. The molecule has 0 bridgehead atoms. The average Bonchev–Trinajstić information content (AvgIpc) is 2.38. The van der Waals surface area contributed by atoms with Gasteiger partial charge in [-0.25, -0.2) is 4.39 Å². The van der Waals surface area contributed by atoms with E-state index in [0.29, 0.717) is 5.41 Å². The second kappa shape index (κ2) is 6.71. The Hall–Kier alpha value is -0.890.